The van der Waals surface area contributed by atoms with Gasteiger partial charge in [-0.05, 0) is 18.6 Å². The van der Waals surface area contributed by atoms with Crippen LogP contribution in [0.3, 0.4) is 0 Å². The van der Waals surface area contributed by atoms with Crippen molar-refractivity contribution in [2.75, 3.05) is 44.9 Å². The van der Waals surface area contributed by atoms with Gasteiger partial charge in [-0.15, -0.1) is 0 Å². The van der Waals surface area contributed by atoms with Crippen molar-refractivity contribution in [3.8, 4) is 5.75 Å². The highest BCUT2D eigenvalue weighted by molar-refractivity contribution is 7.22. The van der Waals surface area contributed by atoms with E-state index in [0.29, 0.717) is 13.2 Å². The summed E-state index contributed by atoms with van der Waals surface area (Å²) in [7, 11) is 1.73. The Hall–Kier alpha value is -1.90. The van der Waals surface area contributed by atoms with Crippen LogP contribution in [-0.4, -0.2) is 68.0 Å². The van der Waals surface area contributed by atoms with Crippen LogP contribution in [-0.2, 0) is 11.2 Å². The Bertz CT molecular complexity index is 854. The van der Waals surface area contributed by atoms with Crippen LogP contribution in [0.5, 0.6) is 5.75 Å². The van der Waals surface area contributed by atoms with Crippen LogP contribution in [0.4, 0.5) is 9.93 Å². The number of carbonyl (C=O) groups excluding carboxylic acids is 1. The second kappa shape index (κ2) is 6.37. The second-order valence-electron chi connectivity index (χ2n) is 7.06. The standard InChI is InChI=1S/C18H22N4O3S/c1-24-9-7-21-6-4-12-13(10-21)22(17(23)19-12)18-20-16-11-5-8-25-14(11)2-3-15(16)26-18/h2-3,12-13H,4-10H2,1H3,(H,19,23)/t12-,13+/m0/s1. The Kier molecular flexibility index (Phi) is 3.99. The fourth-order valence-electron chi connectivity index (χ4n) is 4.22. The first-order valence-electron chi connectivity index (χ1n) is 9.11. The van der Waals surface area contributed by atoms with Crippen LogP contribution in [0.2, 0.25) is 0 Å². The molecule has 2 aromatic rings. The van der Waals surface area contributed by atoms with E-state index in [2.05, 4.69) is 16.3 Å². The third-order valence-electron chi connectivity index (χ3n) is 5.56. The van der Waals surface area contributed by atoms with E-state index in [9.17, 15) is 4.79 Å². The number of nitrogens with one attached hydrogen (secondary N) is 1. The molecule has 2 amide bonds. The quantitative estimate of drug-likeness (QED) is 0.885. The van der Waals surface area contributed by atoms with Gasteiger partial charge < -0.3 is 14.8 Å². The van der Waals surface area contributed by atoms with Crippen LogP contribution in [0.15, 0.2) is 12.1 Å². The lowest BCUT2D eigenvalue weighted by molar-refractivity contribution is 0.124. The Morgan fingerprint density at radius 1 is 1.46 bits per heavy atom. The van der Waals surface area contributed by atoms with E-state index >= 15 is 0 Å². The van der Waals surface area contributed by atoms with Crippen molar-refractivity contribution >= 4 is 32.7 Å². The molecule has 0 unspecified atom stereocenters. The number of rotatable bonds is 4. The minimum atomic E-state index is -0.0273. The van der Waals surface area contributed by atoms with Gasteiger partial charge in [0.2, 0.25) is 0 Å². The molecular formula is C18H22N4O3S. The highest BCUT2D eigenvalue weighted by Crippen LogP contribution is 2.39. The number of ether oxygens (including phenoxy) is 2. The fraction of sp³-hybridized carbons (Fsp3) is 0.556. The molecule has 1 aromatic carbocycles. The van der Waals surface area contributed by atoms with Gasteiger partial charge in [0.05, 0.1) is 35.5 Å². The summed E-state index contributed by atoms with van der Waals surface area (Å²) in [6.07, 6.45) is 1.85. The number of fused-ring (bicyclic) bond motifs is 4. The van der Waals surface area contributed by atoms with Gasteiger partial charge >= 0.3 is 6.03 Å². The van der Waals surface area contributed by atoms with E-state index in [1.54, 1.807) is 18.4 Å². The molecule has 7 nitrogen and oxygen atoms in total. The van der Waals surface area contributed by atoms with Crippen molar-refractivity contribution < 1.29 is 14.3 Å². The molecule has 1 N–H and O–H groups in total. The molecule has 0 spiro atoms. The van der Waals surface area contributed by atoms with Crippen LogP contribution >= 0.6 is 11.3 Å². The summed E-state index contributed by atoms with van der Waals surface area (Å²) in [5.41, 5.74) is 2.16. The molecule has 1 aromatic heterocycles. The topological polar surface area (TPSA) is 66.9 Å². The first kappa shape index (κ1) is 16.3. The van der Waals surface area contributed by atoms with E-state index < -0.39 is 0 Å². The van der Waals surface area contributed by atoms with Gasteiger partial charge in [-0.25, -0.2) is 9.78 Å². The van der Waals surface area contributed by atoms with Gasteiger partial charge in [0.1, 0.15) is 5.75 Å². The molecule has 0 aliphatic carbocycles. The molecule has 3 aliphatic heterocycles. The number of urea groups is 1. The lowest BCUT2D eigenvalue weighted by Crippen LogP contribution is -2.52. The molecule has 8 heteroatoms. The average molecular weight is 374 g/mol. The van der Waals surface area contributed by atoms with Gasteiger partial charge in [-0.2, -0.15) is 0 Å². The van der Waals surface area contributed by atoms with Crippen molar-refractivity contribution in [2.45, 2.75) is 24.9 Å². The predicted molar refractivity (Wildman–Crippen MR) is 100 cm³/mol. The monoisotopic (exact) mass is 374 g/mol. The molecule has 2 fully saturated rings. The zero-order chi connectivity index (χ0) is 17.7. The Labute approximate surface area is 155 Å². The Balaban J connectivity index is 1.46. The zero-order valence-electron chi connectivity index (χ0n) is 14.7. The SMILES string of the molecule is COCCN1CC[C@@H]2NC(=O)N(c3nc4c5c(ccc4s3)OCC5)[C@@H]2C1. The molecule has 2 saturated heterocycles. The third kappa shape index (κ3) is 2.55. The van der Waals surface area contributed by atoms with Crippen LogP contribution in [0, 0.1) is 0 Å². The summed E-state index contributed by atoms with van der Waals surface area (Å²) in [5, 5.41) is 3.94. The normalized spacial score (nSPS) is 25.3. The van der Waals surface area contributed by atoms with Crippen molar-refractivity contribution in [1.29, 1.82) is 0 Å². The van der Waals surface area contributed by atoms with E-state index in [1.165, 1.54) is 5.56 Å². The Morgan fingerprint density at radius 2 is 2.38 bits per heavy atom. The molecular weight excluding hydrogens is 352 g/mol. The summed E-state index contributed by atoms with van der Waals surface area (Å²) in [6, 6.07) is 4.37. The summed E-state index contributed by atoms with van der Waals surface area (Å²) in [6.45, 7) is 4.16. The van der Waals surface area contributed by atoms with Gasteiger partial charge in [0.15, 0.2) is 5.13 Å². The number of carbonyl (C=O) groups is 1. The fourth-order valence-corrected chi connectivity index (χ4v) is 5.27. The summed E-state index contributed by atoms with van der Waals surface area (Å²) in [4.78, 5) is 21.8. The van der Waals surface area contributed by atoms with E-state index in [1.807, 2.05) is 11.0 Å². The zero-order valence-corrected chi connectivity index (χ0v) is 15.6. The number of amides is 2. The molecule has 2 atom stereocenters. The number of anilines is 1. The van der Waals surface area contributed by atoms with E-state index in [4.69, 9.17) is 14.5 Å². The number of aromatic nitrogens is 1. The second-order valence-corrected chi connectivity index (χ2v) is 8.07. The number of benzene rings is 1. The average Bonchev–Trinajstić information content (AvgIpc) is 3.33. The number of piperidine rings is 1. The number of likely N-dealkylation sites (tertiary alicyclic amines) is 1. The number of thiazole rings is 1. The number of hydrogen-bond acceptors (Lipinski definition) is 6. The van der Waals surface area contributed by atoms with Crippen LogP contribution < -0.4 is 15.0 Å². The van der Waals surface area contributed by atoms with Gasteiger partial charge in [0.25, 0.3) is 0 Å². The molecule has 0 saturated carbocycles. The number of methoxy groups -OCH3 is 1. The maximum atomic E-state index is 12.7. The molecule has 26 heavy (non-hydrogen) atoms. The minimum absolute atomic E-state index is 0.0273. The predicted octanol–water partition coefficient (Wildman–Crippen LogP) is 1.85. The highest BCUT2D eigenvalue weighted by atomic mass is 32.1. The maximum absolute atomic E-state index is 12.7. The van der Waals surface area contributed by atoms with Gasteiger partial charge in [0, 0.05) is 38.7 Å². The molecule has 4 heterocycles. The molecule has 5 rings (SSSR count). The molecule has 0 radical (unpaired) electrons. The molecule has 3 aliphatic rings. The lowest BCUT2D eigenvalue weighted by Gasteiger charge is -2.36. The minimum Gasteiger partial charge on any atom is -0.493 e. The van der Waals surface area contributed by atoms with Crippen molar-refractivity contribution in [3.63, 3.8) is 0 Å². The first-order valence-corrected chi connectivity index (χ1v) is 9.92. The van der Waals surface area contributed by atoms with Crippen LogP contribution in [0.25, 0.3) is 10.2 Å². The van der Waals surface area contributed by atoms with E-state index in [0.717, 1.165) is 53.6 Å². The number of hydrogen-bond donors (Lipinski definition) is 1. The van der Waals surface area contributed by atoms with Crippen LogP contribution in [0.1, 0.15) is 12.0 Å². The van der Waals surface area contributed by atoms with Gasteiger partial charge in [-0.1, -0.05) is 11.3 Å². The van der Waals surface area contributed by atoms with Gasteiger partial charge in [-0.3, -0.25) is 9.80 Å². The molecule has 0 bridgehead atoms. The van der Waals surface area contributed by atoms with Crippen molar-refractivity contribution in [1.82, 2.24) is 15.2 Å². The van der Waals surface area contributed by atoms with E-state index in [-0.39, 0.29) is 18.1 Å². The largest absolute Gasteiger partial charge is 0.493 e. The third-order valence-corrected chi connectivity index (χ3v) is 6.58. The maximum Gasteiger partial charge on any atom is 0.324 e. The molecule has 138 valence electrons. The van der Waals surface area contributed by atoms with Crippen molar-refractivity contribution in [3.05, 3.63) is 17.7 Å². The highest BCUT2D eigenvalue weighted by Gasteiger charge is 2.44. The smallest absolute Gasteiger partial charge is 0.324 e. The summed E-state index contributed by atoms with van der Waals surface area (Å²) in [5.74, 6) is 0.932. The summed E-state index contributed by atoms with van der Waals surface area (Å²) < 4.78 is 12.0. The number of nitrogens with zero attached hydrogens (tertiary/aromatic N) is 3. The first-order chi connectivity index (χ1) is 12.7. The Morgan fingerprint density at radius 3 is 3.27 bits per heavy atom. The van der Waals surface area contributed by atoms with Crippen molar-refractivity contribution in [2.24, 2.45) is 0 Å². The summed E-state index contributed by atoms with van der Waals surface area (Å²) >= 11 is 1.59. The lowest BCUT2D eigenvalue weighted by atomic mass is 10.0.